The molecule has 2 aromatic rings. The van der Waals surface area contributed by atoms with Gasteiger partial charge in [-0.3, -0.25) is 9.59 Å². The van der Waals surface area contributed by atoms with Crippen molar-refractivity contribution < 1.29 is 48.2 Å². The summed E-state index contributed by atoms with van der Waals surface area (Å²) in [4.78, 5) is 25.7. The zero-order valence-electron chi connectivity index (χ0n) is 37.4. The van der Waals surface area contributed by atoms with E-state index in [2.05, 4.69) is 83.1 Å². The fraction of sp³-hybridized carbons (Fsp3) is 0.702. The Labute approximate surface area is 342 Å². The second-order valence-corrected chi connectivity index (χ2v) is 20.5. The molecule has 2 saturated heterocycles. The van der Waals surface area contributed by atoms with Crippen molar-refractivity contribution in [1.29, 1.82) is 0 Å². The van der Waals surface area contributed by atoms with Crippen LogP contribution in [0.15, 0.2) is 24.3 Å². The number of benzene rings is 2. The monoisotopic (exact) mass is 797 g/mol. The van der Waals surface area contributed by atoms with E-state index in [0.717, 1.165) is 33.4 Å². The lowest BCUT2D eigenvalue weighted by atomic mass is 9.79. The molecule has 2 aliphatic rings. The molecule has 320 valence electrons. The van der Waals surface area contributed by atoms with Gasteiger partial charge in [0.25, 0.3) is 0 Å². The summed E-state index contributed by atoms with van der Waals surface area (Å²) in [5, 5.41) is 21.1. The van der Waals surface area contributed by atoms with Crippen molar-refractivity contribution in [3.05, 3.63) is 57.6 Å². The highest BCUT2D eigenvalue weighted by Gasteiger charge is 2.47. The van der Waals surface area contributed by atoms with Crippen molar-refractivity contribution in [2.45, 2.75) is 146 Å². The van der Waals surface area contributed by atoms with E-state index in [9.17, 15) is 19.8 Å². The highest BCUT2D eigenvalue weighted by Crippen LogP contribution is 2.41. The highest BCUT2D eigenvalue weighted by molar-refractivity contribution is 5.70. The average molecular weight is 797 g/mol. The molecule has 10 heteroatoms. The molecule has 0 bridgehead atoms. The second kappa shape index (κ2) is 18.0. The topological polar surface area (TPSA) is 130 Å². The number of hydrogen-bond donors (Lipinski definition) is 2. The molecule has 2 heterocycles. The Kier molecular flexibility index (Phi) is 14.7. The number of ether oxygens (including phenoxy) is 6. The predicted octanol–water partition coefficient (Wildman–Crippen LogP) is 9.02. The van der Waals surface area contributed by atoms with E-state index in [1.807, 2.05) is 38.1 Å². The van der Waals surface area contributed by atoms with Crippen LogP contribution in [0.2, 0.25) is 0 Å². The predicted molar refractivity (Wildman–Crippen MR) is 221 cm³/mol. The molecule has 0 aromatic heterocycles. The van der Waals surface area contributed by atoms with E-state index in [1.165, 1.54) is 0 Å². The number of esters is 2. The van der Waals surface area contributed by atoms with E-state index in [4.69, 9.17) is 28.4 Å². The average Bonchev–Trinajstić information content (AvgIpc) is 3.13. The number of aryl methyl sites for hydroxylation is 4. The third-order valence-electron chi connectivity index (χ3n) is 12.3. The Balaban J connectivity index is 1.19. The molecule has 0 amide bonds. The van der Waals surface area contributed by atoms with Crippen molar-refractivity contribution >= 4 is 11.9 Å². The number of carbonyl (C=O) groups is 2. The summed E-state index contributed by atoms with van der Waals surface area (Å²) in [7, 11) is 0. The Bertz CT molecular complexity index is 1570. The maximum atomic E-state index is 12.8. The second-order valence-electron chi connectivity index (χ2n) is 20.5. The SMILES string of the molecule is Cc1cc(CCC(=O)OCC(C)(C)C(C)C2OCC3(CO2)COC(C(C)C(C)(C)COC(=O)CCc2cc(C)c(O)c(C(C)(C)C)c2)OC3)cc(C(C)(C)C)c1O. The van der Waals surface area contributed by atoms with Crippen LogP contribution in [-0.4, -0.2) is 74.4 Å². The van der Waals surface area contributed by atoms with Gasteiger partial charge in [0, 0.05) is 35.5 Å². The number of phenolic OH excluding ortho intramolecular Hbond substituents is 2. The summed E-state index contributed by atoms with van der Waals surface area (Å²) in [6.45, 7) is 30.6. The minimum Gasteiger partial charge on any atom is -0.507 e. The van der Waals surface area contributed by atoms with E-state index in [0.29, 0.717) is 50.8 Å². The Morgan fingerprint density at radius 2 is 0.947 bits per heavy atom. The molecule has 2 unspecified atom stereocenters. The summed E-state index contributed by atoms with van der Waals surface area (Å²) in [6.07, 6.45) is 0.630. The third kappa shape index (κ3) is 12.0. The first-order chi connectivity index (χ1) is 26.2. The first-order valence-corrected chi connectivity index (χ1v) is 20.7. The fourth-order valence-electron chi connectivity index (χ4n) is 7.27. The van der Waals surface area contributed by atoms with E-state index < -0.39 is 28.8 Å². The van der Waals surface area contributed by atoms with E-state index in [1.54, 1.807) is 0 Å². The normalized spacial score (nSPS) is 21.9. The van der Waals surface area contributed by atoms with Crippen LogP contribution in [0.4, 0.5) is 0 Å². The van der Waals surface area contributed by atoms with Crippen molar-refractivity contribution in [2.24, 2.45) is 28.1 Å². The Morgan fingerprint density at radius 1 is 0.632 bits per heavy atom. The molecule has 0 radical (unpaired) electrons. The van der Waals surface area contributed by atoms with Gasteiger partial charge < -0.3 is 38.6 Å². The van der Waals surface area contributed by atoms with Gasteiger partial charge in [-0.1, -0.05) is 107 Å². The van der Waals surface area contributed by atoms with Gasteiger partial charge in [-0.25, -0.2) is 0 Å². The van der Waals surface area contributed by atoms with Crippen LogP contribution >= 0.6 is 0 Å². The smallest absolute Gasteiger partial charge is 0.306 e. The molecular weight excluding hydrogens is 725 g/mol. The van der Waals surface area contributed by atoms with Crippen LogP contribution in [0.1, 0.15) is 129 Å². The van der Waals surface area contributed by atoms with Crippen LogP contribution in [-0.2, 0) is 61.7 Å². The molecule has 0 aliphatic carbocycles. The molecule has 2 fully saturated rings. The molecular formula is C47H72O10. The maximum absolute atomic E-state index is 12.8. The lowest BCUT2D eigenvalue weighted by Crippen LogP contribution is -2.56. The minimum atomic E-state index is -0.469. The van der Waals surface area contributed by atoms with E-state index >= 15 is 0 Å². The number of aromatic hydroxyl groups is 2. The molecule has 10 nitrogen and oxygen atoms in total. The summed E-state index contributed by atoms with van der Waals surface area (Å²) in [5.41, 5.74) is 3.70. The Hall–Kier alpha value is -3.18. The lowest BCUT2D eigenvalue weighted by Gasteiger charge is -2.48. The quantitative estimate of drug-likeness (QED) is 0.179. The van der Waals surface area contributed by atoms with Gasteiger partial charge in [0.05, 0.1) is 45.1 Å². The largest absolute Gasteiger partial charge is 0.507 e. The fourth-order valence-corrected chi connectivity index (χ4v) is 7.27. The molecule has 0 saturated carbocycles. The summed E-state index contributed by atoms with van der Waals surface area (Å²) in [6, 6.07) is 7.84. The maximum Gasteiger partial charge on any atom is 0.306 e. The molecule has 4 rings (SSSR count). The molecule has 57 heavy (non-hydrogen) atoms. The van der Waals surface area contributed by atoms with Gasteiger partial charge in [0.1, 0.15) is 11.5 Å². The van der Waals surface area contributed by atoms with Crippen LogP contribution in [0.25, 0.3) is 0 Å². The van der Waals surface area contributed by atoms with Gasteiger partial charge in [-0.15, -0.1) is 0 Å². The van der Waals surface area contributed by atoms with Crippen LogP contribution in [0, 0.1) is 41.9 Å². The summed E-state index contributed by atoms with van der Waals surface area (Å²) in [5.74, 6) is -0.0364. The van der Waals surface area contributed by atoms with Crippen LogP contribution in [0.3, 0.4) is 0 Å². The van der Waals surface area contributed by atoms with Gasteiger partial charge in [0.15, 0.2) is 12.6 Å². The third-order valence-corrected chi connectivity index (χ3v) is 12.3. The minimum absolute atomic E-state index is 0.0652. The van der Waals surface area contributed by atoms with Crippen LogP contribution < -0.4 is 0 Å². The van der Waals surface area contributed by atoms with Crippen molar-refractivity contribution in [2.75, 3.05) is 39.6 Å². The first kappa shape index (κ1) is 46.5. The molecule has 2 aliphatic heterocycles. The van der Waals surface area contributed by atoms with Crippen molar-refractivity contribution in [3.8, 4) is 11.5 Å². The van der Waals surface area contributed by atoms with Gasteiger partial charge in [0.2, 0.25) is 0 Å². The van der Waals surface area contributed by atoms with Gasteiger partial charge in [-0.05, 0) is 70.9 Å². The highest BCUT2D eigenvalue weighted by atomic mass is 16.7. The van der Waals surface area contributed by atoms with Crippen molar-refractivity contribution in [1.82, 2.24) is 0 Å². The molecule has 1 spiro atoms. The number of hydrogen-bond acceptors (Lipinski definition) is 10. The van der Waals surface area contributed by atoms with E-state index in [-0.39, 0.29) is 60.7 Å². The first-order valence-electron chi connectivity index (χ1n) is 20.7. The van der Waals surface area contributed by atoms with Gasteiger partial charge >= 0.3 is 11.9 Å². The molecule has 2 N–H and O–H groups in total. The molecule has 2 atom stereocenters. The number of phenols is 2. The summed E-state index contributed by atoms with van der Waals surface area (Å²) >= 11 is 0. The lowest BCUT2D eigenvalue weighted by molar-refractivity contribution is -0.327. The number of carbonyl (C=O) groups excluding carboxylic acids is 2. The van der Waals surface area contributed by atoms with Gasteiger partial charge in [-0.2, -0.15) is 0 Å². The van der Waals surface area contributed by atoms with Crippen molar-refractivity contribution in [3.63, 3.8) is 0 Å². The zero-order chi connectivity index (χ0) is 42.7. The summed E-state index contributed by atoms with van der Waals surface area (Å²) < 4.78 is 36.7. The number of rotatable bonds is 14. The zero-order valence-corrected chi connectivity index (χ0v) is 37.4. The van der Waals surface area contributed by atoms with Crippen LogP contribution in [0.5, 0.6) is 11.5 Å². The molecule has 2 aromatic carbocycles. The Morgan fingerprint density at radius 3 is 1.25 bits per heavy atom. The standard InChI is InChI=1S/C47H72O10/c1-29-19-33(21-35(39(29)50)43(5,6)7)15-17-37(48)52-23-45(11,12)31(3)41-54-25-47(26-55-41)27-56-42(57-28-47)32(4)46(13,14)24-53-38(49)18-16-34-20-30(2)40(51)36(22-34)44(8,9)10/h19-22,31-32,41-42,50-51H,15-18,23-28H2,1-14H3.